The van der Waals surface area contributed by atoms with Gasteiger partial charge in [0.2, 0.25) is 10.0 Å². The number of likely N-dealkylation sites (tertiary alicyclic amines) is 1. The smallest absolute Gasteiger partial charge is 0.407 e. The molecule has 2 aliphatic rings. The minimum Gasteiger partial charge on any atom is -0.593 e. The van der Waals surface area contributed by atoms with Gasteiger partial charge in [0.15, 0.2) is 21.6 Å². The van der Waals surface area contributed by atoms with Crippen LogP contribution in [-0.4, -0.2) is 127 Å². The minimum absolute atomic E-state index is 0.00220. The Kier molecular flexibility index (Phi) is 14.0. The van der Waals surface area contributed by atoms with E-state index in [4.69, 9.17) is 19.9 Å². The maximum Gasteiger partial charge on any atom is 0.407 e. The molecule has 6 aromatic carbocycles. The third-order valence-corrected chi connectivity index (χ3v) is 16.5. The van der Waals surface area contributed by atoms with Crippen molar-refractivity contribution in [1.82, 2.24) is 49.0 Å². The monoisotopic (exact) mass is 1050 g/mol. The van der Waals surface area contributed by atoms with E-state index in [1.807, 2.05) is 12.1 Å². The van der Waals surface area contributed by atoms with Crippen LogP contribution in [0.25, 0.3) is 33.5 Å². The molecule has 23 heteroatoms. The minimum atomic E-state index is -4.89. The largest absolute Gasteiger partial charge is 0.593 e. The molecule has 0 spiro atoms. The second-order valence-corrected chi connectivity index (χ2v) is 20.9. The van der Waals surface area contributed by atoms with Crippen molar-refractivity contribution in [1.29, 1.82) is 0 Å². The Labute approximate surface area is 433 Å². The predicted molar refractivity (Wildman–Crippen MR) is 276 cm³/mol. The molecule has 21 nitrogen and oxygen atoms in total. The zero-order valence-electron chi connectivity index (χ0n) is 40.6. The number of rotatable bonds is 18. The Balaban J connectivity index is 1.14. The van der Waals surface area contributed by atoms with Crippen LogP contribution >= 0.6 is 0 Å². The van der Waals surface area contributed by atoms with Crippen molar-refractivity contribution in [2.24, 2.45) is 0 Å². The first-order valence-electron chi connectivity index (χ1n) is 23.4. The highest BCUT2D eigenvalue weighted by Crippen LogP contribution is 2.44. The van der Waals surface area contributed by atoms with Crippen LogP contribution in [0.2, 0.25) is 0 Å². The summed E-state index contributed by atoms with van der Waals surface area (Å²) in [5.74, 6) is 0.706. The molecule has 75 heavy (non-hydrogen) atoms. The quantitative estimate of drug-likeness (QED) is 0.0570. The number of anilines is 1. The van der Waals surface area contributed by atoms with Gasteiger partial charge in [-0.2, -0.15) is 4.31 Å². The number of carbonyl (C=O) groups is 3. The molecule has 384 valence electrons. The van der Waals surface area contributed by atoms with Gasteiger partial charge in [0.25, 0.3) is 11.8 Å². The predicted octanol–water partition coefficient (Wildman–Crippen LogP) is 5.96. The number of methoxy groups -OCH3 is 3. The number of nitrogen functional groups attached to an aromatic ring is 1. The molecule has 4 heterocycles. The lowest BCUT2D eigenvalue weighted by Gasteiger charge is -2.27. The zero-order valence-corrected chi connectivity index (χ0v) is 42.2. The van der Waals surface area contributed by atoms with Gasteiger partial charge in [-0.25, -0.2) is 22.9 Å². The van der Waals surface area contributed by atoms with Crippen LogP contribution < -0.4 is 24.7 Å². The molecule has 10 rings (SSSR count). The molecule has 2 aliphatic heterocycles. The number of H-pyrrole nitrogens is 1. The second kappa shape index (κ2) is 20.9. The summed E-state index contributed by atoms with van der Waals surface area (Å²) in [5, 5.41) is 23.4. The standard InChI is InChI=1S/C52H49N11O10S2/c1-71-36-17-11-31(12-18-36)26-60(27-32-13-19-37(72-2)20-14-32)75(69,70)47-44(74(68)57-34-25-35(61(29-34)52(66)67)30-62-49(64)41-7-4-5-8-42(41)50(62)65)24-23-39(40-9-6-10-43-46(40)55-51(53)54-43)45(47)48-56-58-59-63(48)28-33-15-21-38(73-3)22-16-33/h4-24,34-35,57H,25-30H2,1-3H3,(H,66,67)(H3,53,54,55)/t34-,35+,74?/m1/s1. The maximum atomic E-state index is 16.4. The van der Waals surface area contributed by atoms with Crippen molar-refractivity contribution >= 4 is 56.3 Å². The number of hydrogen-bond donors (Lipinski definition) is 4. The van der Waals surface area contributed by atoms with Gasteiger partial charge in [-0.1, -0.05) is 60.7 Å². The number of hydrogen-bond acceptors (Lipinski definition) is 15. The number of ether oxygens (including phenoxy) is 3. The van der Waals surface area contributed by atoms with E-state index < -0.39 is 56.3 Å². The fourth-order valence-corrected chi connectivity index (χ4v) is 12.8. The van der Waals surface area contributed by atoms with Crippen molar-refractivity contribution in [3.05, 3.63) is 155 Å². The summed E-state index contributed by atoms with van der Waals surface area (Å²) >= 11 is -2.44. The van der Waals surface area contributed by atoms with Crippen LogP contribution in [0.3, 0.4) is 0 Å². The molecular formula is C52H49N11O10S2. The Morgan fingerprint density at radius 1 is 0.800 bits per heavy atom. The number of imide groups is 1. The number of nitrogens with zero attached hydrogens (tertiary/aromatic N) is 8. The molecule has 1 fully saturated rings. The number of para-hydroxylation sites is 1. The van der Waals surface area contributed by atoms with Crippen molar-refractivity contribution in [2.45, 2.75) is 47.9 Å². The summed E-state index contributed by atoms with van der Waals surface area (Å²) in [6, 6.07) is 34.0. The molecule has 3 amide bonds. The molecule has 5 N–H and O–H groups in total. The van der Waals surface area contributed by atoms with Crippen LogP contribution in [0.4, 0.5) is 10.7 Å². The molecule has 0 radical (unpaired) electrons. The number of benzene rings is 6. The van der Waals surface area contributed by atoms with E-state index in [0.29, 0.717) is 50.5 Å². The van der Waals surface area contributed by atoms with E-state index >= 15 is 13.0 Å². The van der Waals surface area contributed by atoms with Crippen molar-refractivity contribution in [3.8, 4) is 39.8 Å². The van der Waals surface area contributed by atoms with Gasteiger partial charge in [-0.3, -0.25) is 14.5 Å². The van der Waals surface area contributed by atoms with Gasteiger partial charge in [0.1, 0.15) is 17.2 Å². The molecule has 3 atom stereocenters. The van der Waals surface area contributed by atoms with Gasteiger partial charge in [-0.05, 0) is 106 Å². The van der Waals surface area contributed by atoms with Crippen molar-refractivity contribution in [3.63, 3.8) is 0 Å². The lowest BCUT2D eigenvalue weighted by atomic mass is 9.97. The van der Waals surface area contributed by atoms with Crippen LogP contribution in [0.5, 0.6) is 17.2 Å². The van der Waals surface area contributed by atoms with E-state index in [-0.39, 0.29) is 72.5 Å². The zero-order chi connectivity index (χ0) is 52.5. The SMILES string of the molecule is COc1ccc(CN(Cc2ccc(OC)cc2)S(=O)(=O)c2c([S+]([O-])N[C@@H]3C[C@@H](CN4C(=O)c5ccccc5C4=O)N(C(=O)O)C3)ccc(-c3cccc4[nH]c(N)nc34)c2-c2nnnn2Cc2ccc(OC)cc2)cc1. The van der Waals surface area contributed by atoms with E-state index in [0.717, 1.165) is 15.4 Å². The van der Waals surface area contributed by atoms with Crippen LogP contribution in [0, 0.1) is 0 Å². The average molecular weight is 1050 g/mol. The van der Waals surface area contributed by atoms with Gasteiger partial charge >= 0.3 is 6.09 Å². The van der Waals surface area contributed by atoms with Gasteiger partial charge in [-0.15, -0.1) is 9.82 Å². The van der Waals surface area contributed by atoms with Crippen molar-refractivity contribution in [2.75, 3.05) is 40.2 Å². The number of imidazole rings is 1. The molecule has 1 unspecified atom stereocenters. The first-order chi connectivity index (χ1) is 36.2. The highest BCUT2D eigenvalue weighted by molar-refractivity contribution is 7.92. The van der Waals surface area contributed by atoms with Gasteiger partial charge in [0.05, 0.1) is 79.0 Å². The van der Waals surface area contributed by atoms with Gasteiger partial charge in [0, 0.05) is 31.7 Å². The molecule has 2 aromatic heterocycles. The van der Waals surface area contributed by atoms with E-state index in [1.54, 1.807) is 104 Å². The van der Waals surface area contributed by atoms with Gasteiger partial charge < -0.3 is 39.5 Å². The van der Waals surface area contributed by atoms with Crippen LogP contribution in [0.1, 0.15) is 43.8 Å². The lowest BCUT2D eigenvalue weighted by Crippen LogP contribution is -2.44. The van der Waals surface area contributed by atoms with Crippen LogP contribution in [-0.2, 0) is 41.0 Å². The summed E-state index contributed by atoms with van der Waals surface area (Å²) < 4.78 is 70.3. The highest BCUT2D eigenvalue weighted by atomic mass is 32.2. The third-order valence-electron chi connectivity index (χ3n) is 13.2. The number of carbonyl (C=O) groups excluding carboxylic acids is 2. The summed E-state index contributed by atoms with van der Waals surface area (Å²) in [7, 11) is -0.283. The molecule has 0 saturated carbocycles. The number of fused-ring (bicyclic) bond motifs is 2. The molecule has 8 aromatic rings. The Hall–Kier alpha value is -8.35. The average Bonchev–Trinajstić information content (AvgIpc) is 4.22. The highest BCUT2D eigenvalue weighted by Gasteiger charge is 2.45. The number of nitrogens with two attached hydrogens (primary N) is 1. The normalized spacial score (nSPS) is 16.0. The maximum absolute atomic E-state index is 16.4. The number of carboxylic acid groups (broad SMARTS) is 1. The summed E-state index contributed by atoms with van der Waals surface area (Å²) in [6.07, 6.45) is -1.33. The summed E-state index contributed by atoms with van der Waals surface area (Å²) in [5.41, 5.74) is 10.2. The second-order valence-electron chi connectivity index (χ2n) is 17.8. The Morgan fingerprint density at radius 2 is 1.37 bits per heavy atom. The van der Waals surface area contributed by atoms with E-state index in [2.05, 4.69) is 30.2 Å². The van der Waals surface area contributed by atoms with E-state index in [1.165, 1.54) is 41.4 Å². The number of sulfonamides is 1. The Morgan fingerprint density at radius 3 is 1.95 bits per heavy atom. The summed E-state index contributed by atoms with van der Waals surface area (Å²) in [6.45, 7) is -0.794. The third kappa shape index (κ3) is 9.93. The van der Waals surface area contributed by atoms with Crippen LogP contribution in [0.15, 0.2) is 137 Å². The number of aromatic amines is 1. The first-order valence-corrected chi connectivity index (χ1v) is 26.0. The first kappa shape index (κ1) is 50.2. The Bertz CT molecular complexity index is 3470. The fraction of sp³-hybridized carbons (Fsp3) is 0.212. The fourth-order valence-electron chi connectivity index (χ4n) is 9.54. The molecular weight excluding hydrogens is 1000 g/mol. The lowest BCUT2D eigenvalue weighted by molar-refractivity contribution is 0.0603. The number of nitrogens with one attached hydrogen (secondary N) is 2. The molecule has 1 saturated heterocycles. The molecule has 0 aliphatic carbocycles. The topological polar surface area (TPSA) is 276 Å². The molecule has 0 bridgehead atoms. The van der Waals surface area contributed by atoms with E-state index in [9.17, 15) is 19.5 Å². The summed E-state index contributed by atoms with van der Waals surface area (Å²) in [4.78, 5) is 48.8. The number of tetrazole rings is 1. The number of aromatic nitrogens is 6. The van der Waals surface area contributed by atoms with Crippen molar-refractivity contribution < 1.29 is 46.7 Å². The number of amides is 3.